The van der Waals surface area contributed by atoms with Crippen molar-refractivity contribution in [2.75, 3.05) is 5.88 Å². The van der Waals surface area contributed by atoms with Gasteiger partial charge in [0.15, 0.2) is 0 Å². The molecule has 0 fully saturated rings. The lowest BCUT2D eigenvalue weighted by Gasteiger charge is -2.31. The molecule has 0 saturated carbocycles. The Hall–Kier alpha value is -0.540. The van der Waals surface area contributed by atoms with Crippen LogP contribution >= 0.6 is 27.5 Å². The van der Waals surface area contributed by atoms with Crippen LogP contribution in [-0.2, 0) is 0 Å². The molecule has 18 heavy (non-hydrogen) atoms. The van der Waals surface area contributed by atoms with Gasteiger partial charge in [0, 0.05) is 16.4 Å². The highest BCUT2D eigenvalue weighted by Crippen LogP contribution is 2.23. The highest BCUT2D eigenvalue weighted by Gasteiger charge is 2.26. The molecule has 4 heteroatoms. The Morgan fingerprint density at radius 2 is 2.00 bits per heavy atom. The summed E-state index contributed by atoms with van der Waals surface area (Å²) in [6, 6.07) is 7.48. The first kappa shape index (κ1) is 15.5. The number of carbonyl (C=O) groups excluding carboxylic acids is 1. The van der Waals surface area contributed by atoms with E-state index in [1.807, 2.05) is 18.2 Å². The van der Waals surface area contributed by atoms with Crippen molar-refractivity contribution < 1.29 is 4.79 Å². The Balaban J connectivity index is 2.82. The lowest BCUT2D eigenvalue weighted by Crippen LogP contribution is -2.44. The first-order valence-corrected chi connectivity index (χ1v) is 7.30. The number of nitrogens with one attached hydrogen (secondary N) is 1. The summed E-state index contributed by atoms with van der Waals surface area (Å²) in [5, 5.41) is 3.06. The smallest absolute Gasteiger partial charge is 0.252 e. The first-order chi connectivity index (χ1) is 8.36. The summed E-state index contributed by atoms with van der Waals surface area (Å²) in [6.07, 6.45) is 0.765. The van der Waals surface area contributed by atoms with Crippen LogP contribution in [0, 0.1) is 5.41 Å². The minimum atomic E-state index is -0.0625. The molecule has 100 valence electrons. The van der Waals surface area contributed by atoms with Crippen LogP contribution in [0.15, 0.2) is 28.7 Å². The van der Waals surface area contributed by atoms with Gasteiger partial charge in [0.25, 0.3) is 5.91 Å². The van der Waals surface area contributed by atoms with Gasteiger partial charge < -0.3 is 5.32 Å². The molecular weight excluding hydrogens is 314 g/mol. The minimum Gasteiger partial charge on any atom is -0.349 e. The van der Waals surface area contributed by atoms with Crippen molar-refractivity contribution in [3.8, 4) is 0 Å². The fraction of sp³-hybridized carbons (Fsp3) is 0.500. The fourth-order valence-electron chi connectivity index (χ4n) is 1.71. The van der Waals surface area contributed by atoms with E-state index in [4.69, 9.17) is 11.6 Å². The number of alkyl halides is 1. The molecule has 0 aliphatic heterocycles. The molecule has 0 aliphatic carbocycles. The zero-order valence-corrected chi connectivity index (χ0v) is 13.3. The highest BCUT2D eigenvalue weighted by atomic mass is 79.9. The van der Waals surface area contributed by atoms with Gasteiger partial charge in [-0.25, -0.2) is 0 Å². The van der Waals surface area contributed by atoms with Crippen LogP contribution in [0.25, 0.3) is 0 Å². The highest BCUT2D eigenvalue weighted by molar-refractivity contribution is 9.10. The molecule has 1 rings (SSSR count). The maximum atomic E-state index is 12.2. The molecule has 1 atom stereocenters. The van der Waals surface area contributed by atoms with Crippen LogP contribution in [0.3, 0.4) is 0 Å². The van der Waals surface area contributed by atoms with Gasteiger partial charge in [0.2, 0.25) is 0 Å². The predicted octanol–water partition coefficient (Wildman–Crippen LogP) is 4.22. The molecule has 1 aromatic rings. The van der Waals surface area contributed by atoms with Crippen molar-refractivity contribution in [2.45, 2.75) is 33.2 Å². The maximum absolute atomic E-state index is 12.2. The molecule has 0 aromatic heterocycles. The number of hydrogen-bond donors (Lipinski definition) is 1. The molecule has 2 nitrogen and oxygen atoms in total. The van der Waals surface area contributed by atoms with E-state index in [0.717, 1.165) is 10.9 Å². The average Bonchev–Trinajstić information content (AvgIpc) is 2.27. The Morgan fingerprint density at radius 3 is 2.50 bits per heavy atom. The summed E-state index contributed by atoms with van der Waals surface area (Å²) in [7, 11) is 0. The van der Waals surface area contributed by atoms with Gasteiger partial charge >= 0.3 is 0 Å². The van der Waals surface area contributed by atoms with Gasteiger partial charge in [-0.2, -0.15) is 0 Å². The van der Waals surface area contributed by atoms with E-state index in [-0.39, 0.29) is 17.4 Å². The quantitative estimate of drug-likeness (QED) is 0.822. The standard InChI is InChI=1S/C14H19BrClNO/c1-14(2,3)12(8-9-16)17-13(18)10-6-4-5-7-11(10)15/h4-7,12H,8-9H2,1-3H3,(H,17,18). The Kier molecular flexibility index (Phi) is 5.67. The minimum absolute atomic E-state index is 0.00813. The first-order valence-electron chi connectivity index (χ1n) is 5.97. The second kappa shape index (κ2) is 6.58. The van der Waals surface area contributed by atoms with Crippen LogP contribution < -0.4 is 5.32 Å². The third-order valence-electron chi connectivity index (χ3n) is 2.87. The van der Waals surface area contributed by atoms with Gasteiger partial charge in [-0.1, -0.05) is 32.9 Å². The summed E-state index contributed by atoms with van der Waals surface area (Å²) >= 11 is 9.19. The summed E-state index contributed by atoms with van der Waals surface area (Å²) < 4.78 is 0.807. The lowest BCUT2D eigenvalue weighted by molar-refractivity contribution is 0.0899. The Morgan fingerprint density at radius 1 is 1.39 bits per heavy atom. The van der Waals surface area contributed by atoms with Crippen molar-refractivity contribution >= 4 is 33.4 Å². The van der Waals surface area contributed by atoms with E-state index in [2.05, 4.69) is 42.0 Å². The lowest BCUT2D eigenvalue weighted by atomic mass is 9.85. The van der Waals surface area contributed by atoms with Gasteiger partial charge in [0.05, 0.1) is 5.56 Å². The van der Waals surface area contributed by atoms with Crippen LogP contribution in [0.2, 0.25) is 0 Å². The summed E-state index contributed by atoms with van der Waals surface area (Å²) in [5.41, 5.74) is 0.646. The van der Waals surface area contributed by atoms with E-state index in [1.165, 1.54) is 0 Å². The molecule has 0 saturated heterocycles. The third-order valence-corrected chi connectivity index (χ3v) is 3.78. The summed E-state index contributed by atoms with van der Waals surface area (Å²) in [6.45, 7) is 6.31. The van der Waals surface area contributed by atoms with E-state index in [1.54, 1.807) is 6.07 Å². The van der Waals surface area contributed by atoms with Gasteiger partial charge in [0.1, 0.15) is 0 Å². The number of benzene rings is 1. The fourth-order valence-corrected chi connectivity index (χ4v) is 2.40. The zero-order valence-electron chi connectivity index (χ0n) is 11.0. The predicted molar refractivity (Wildman–Crippen MR) is 80.2 cm³/mol. The van der Waals surface area contributed by atoms with Crippen molar-refractivity contribution in [1.82, 2.24) is 5.32 Å². The van der Waals surface area contributed by atoms with Crippen molar-refractivity contribution in [1.29, 1.82) is 0 Å². The number of amides is 1. The van der Waals surface area contributed by atoms with E-state index in [0.29, 0.717) is 11.4 Å². The van der Waals surface area contributed by atoms with Crippen LogP contribution in [0.1, 0.15) is 37.6 Å². The number of carbonyl (C=O) groups is 1. The molecule has 1 amide bonds. The largest absolute Gasteiger partial charge is 0.349 e. The third kappa shape index (κ3) is 4.29. The maximum Gasteiger partial charge on any atom is 0.252 e. The normalized spacial score (nSPS) is 13.2. The van der Waals surface area contributed by atoms with Gasteiger partial charge in [-0.15, -0.1) is 11.6 Å². The zero-order chi connectivity index (χ0) is 13.8. The van der Waals surface area contributed by atoms with E-state index >= 15 is 0 Å². The molecule has 0 aliphatic rings. The number of hydrogen-bond acceptors (Lipinski definition) is 1. The average molecular weight is 333 g/mol. The SMILES string of the molecule is CC(C)(C)C(CCCl)NC(=O)c1ccccc1Br. The molecule has 0 heterocycles. The van der Waals surface area contributed by atoms with Crippen molar-refractivity contribution in [3.63, 3.8) is 0 Å². The molecule has 0 bridgehead atoms. The summed E-state index contributed by atoms with van der Waals surface area (Å²) in [4.78, 5) is 12.2. The Bertz CT molecular complexity index is 415. The van der Waals surface area contributed by atoms with Crippen molar-refractivity contribution in [3.05, 3.63) is 34.3 Å². The summed E-state index contributed by atoms with van der Waals surface area (Å²) in [5.74, 6) is 0.477. The van der Waals surface area contributed by atoms with Crippen LogP contribution in [0.5, 0.6) is 0 Å². The second-order valence-corrected chi connectivity index (χ2v) is 6.58. The molecule has 1 N–H and O–H groups in total. The van der Waals surface area contributed by atoms with Crippen LogP contribution in [-0.4, -0.2) is 17.8 Å². The number of halogens is 2. The van der Waals surface area contributed by atoms with Gasteiger partial charge in [-0.05, 0) is 39.9 Å². The number of rotatable bonds is 4. The molecule has 1 unspecified atom stereocenters. The topological polar surface area (TPSA) is 29.1 Å². The van der Waals surface area contributed by atoms with Crippen LogP contribution in [0.4, 0.5) is 0 Å². The van der Waals surface area contributed by atoms with Crippen molar-refractivity contribution in [2.24, 2.45) is 5.41 Å². The van der Waals surface area contributed by atoms with E-state index in [9.17, 15) is 4.79 Å². The molecule has 0 radical (unpaired) electrons. The Labute approximate surface area is 122 Å². The molecule has 1 aromatic carbocycles. The monoisotopic (exact) mass is 331 g/mol. The van der Waals surface area contributed by atoms with Gasteiger partial charge in [-0.3, -0.25) is 4.79 Å². The molecule has 0 spiro atoms. The second-order valence-electron chi connectivity index (χ2n) is 5.35. The molecular formula is C14H19BrClNO. The van der Waals surface area contributed by atoms with E-state index < -0.39 is 0 Å².